The van der Waals surface area contributed by atoms with Crippen LogP contribution >= 0.6 is 12.6 Å². The molecule has 0 aliphatic heterocycles. The first-order valence-electron chi connectivity index (χ1n) is 4.40. The Bertz CT molecular complexity index is 379. The highest BCUT2D eigenvalue weighted by Gasteiger charge is 2.14. The lowest BCUT2D eigenvalue weighted by molar-refractivity contribution is -0.152. The quantitative estimate of drug-likeness (QED) is 0.455. The minimum atomic E-state index is -0.887. The van der Waals surface area contributed by atoms with E-state index in [1.54, 1.807) is 31.2 Å². The van der Waals surface area contributed by atoms with Crippen LogP contribution < -0.4 is 5.32 Å². The summed E-state index contributed by atoms with van der Waals surface area (Å²) in [5.41, 5.74) is 0.514. The molecule has 0 heterocycles. The second kappa shape index (κ2) is 5.41. The van der Waals surface area contributed by atoms with E-state index in [-0.39, 0.29) is 6.61 Å². The first-order valence-corrected chi connectivity index (χ1v) is 4.85. The second-order valence-electron chi connectivity index (χ2n) is 2.72. The van der Waals surface area contributed by atoms with Crippen LogP contribution in [0.15, 0.2) is 29.2 Å². The van der Waals surface area contributed by atoms with Crippen LogP contribution in [-0.4, -0.2) is 18.5 Å². The van der Waals surface area contributed by atoms with Gasteiger partial charge in [0.1, 0.15) is 0 Å². The molecule has 1 aromatic rings. The van der Waals surface area contributed by atoms with E-state index >= 15 is 0 Å². The first kappa shape index (κ1) is 11.6. The molecule has 1 aromatic carbocycles. The van der Waals surface area contributed by atoms with Crippen molar-refractivity contribution in [3.05, 3.63) is 24.3 Å². The topological polar surface area (TPSA) is 55.4 Å². The summed E-state index contributed by atoms with van der Waals surface area (Å²) in [7, 11) is 0. The SMILES string of the molecule is CCOC(=O)C(=O)Nc1cccc(S)c1. The van der Waals surface area contributed by atoms with Gasteiger partial charge >= 0.3 is 11.9 Å². The predicted octanol–water partition coefficient (Wildman–Crippen LogP) is 1.48. The van der Waals surface area contributed by atoms with E-state index in [4.69, 9.17) is 0 Å². The van der Waals surface area contributed by atoms with Gasteiger partial charge in [-0.1, -0.05) is 6.07 Å². The van der Waals surface area contributed by atoms with Crippen LogP contribution in [0.2, 0.25) is 0 Å². The van der Waals surface area contributed by atoms with Gasteiger partial charge in [-0.2, -0.15) is 0 Å². The molecule has 0 bridgehead atoms. The van der Waals surface area contributed by atoms with E-state index in [0.29, 0.717) is 10.6 Å². The average Bonchev–Trinajstić information content (AvgIpc) is 2.18. The summed E-state index contributed by atoms with van der Waals surface area (Å²) < 4.78 is 4.54. The standard InChI is InChI=1S/C10H11NO3S/c1-2-14-10(13)9(12)11-7-4-3-5-8(15)6-7/h3-6,15H,2H2,1H3,(H,11,12). The monoisotopic (exact) mass is 225 g/mol. The van der Waals surface area contributed by atoms with Gasteiger partial charge in [-0.25, -0.2) is 4.79 Å². The van der Waals surface area contributed by atoms with Gasteiger partial charge in [-0.05, 0) is 25.1 Å². The lowest BCUT2D eigenvalue weighted by Gasteiger charge is -2.04. The number of benzene rings is 1. The number of ether oxygens (including phenoxy) is 1. The van der Waals surface area contributed by atoms with Crippen molar-refractivity contribution in [2.24, 2.45) is 0 Å². The van der Waals surface area contributed by atoms with Crippen molar-refractivity contribution in [2.75, 3.05) is 11.9 Å². The second-order valence-corrected chi connectivity index (χ2v) is 3.24. The number of carbonyl (C=O) groups is 2. The number of thiol groups is 1. The molecule has 0 aromatic heterocycles. The number of nitrogens with one attached hydrogen (secondary N) is 1. The molecule has 0 atom stereocenters. The molecule has 0 unspecified atom stereocenters. The van der Waals surface area contributed by atoms with Crippen LogP contribution in [0.4, 0.5) is 5.69 Å². The Balaban J connectivity index is 2.62. The summed E-state index contributed by atoms with van der Waals surface area (Å²) >= 11 is 4.10. The fourth-order valence-electron chi connectivity index (χ4n) is 0.962. The normalized spacial score (nSPS) is 9.47. The van der Waals surface area contributed by atoms with Crippen LogP contribution in [0.5, 0.6) is 0 Å². The molecule has 5 heteroatoms. The van der Waals surface area contributed by atoms with Gasteiger partial charge in [0.2, 0.25) is 0 Å². The molecular formula is C10H11NO3S. The third-order valence-electron chi connectivity index (χ3n) is 1.56. The number of hydrogen-bond donors (Lipinski definition) is 2. The highest BCUT2D eigenvalue weighted by molar-refractivity contribution is 7.80. The minimum absolute atomic E-state index is 0.179. The van der Waals surface area contributed by atoms with Crippen molar-refractivity contribution >= 4 is 30.2 Å². The highest BCUT2D eigenvalue weighted by atomic mass is 32.1. The maximum Gasteiger partial charge on any atom is 0.397 e. The van der Waals surface area contributed by atoms with E-state index in [9.17, 15) is 9.59 Å². The number of amides is 1. The first-order chi connectivity index (χ1) is 7.13. The molecule has 0 radical (unpaired) electrons. The summed E-state index contributed by atoms with van der Waals surface area (Å²) in [4.78, 5) is 22.9. The van der Waals surface area contributed by atoms with Crippen LogP contribution in [0.25, 0.3) is 0 Å². The summed E-state index contributed by atoms with van der Waals surface area (Å²) in [6.45, 7) is 1.82. The summed E-state index contributed by atoms with van der Waals surface area (Å²) in [5, 5.41) is 2.40. The zero-order valence-electron chi connectivity index (χ0n) is 8.19. The smallest absolute Gasteiger partial charge is 0.397 e. The van der Waals surface area contributed by atoms with E-state index in [1.807, 2.05) is 0 Å². The van der Waals surface area contributed by atoms with Crippen LogP contribution in [0, 0.1) is 0 Å². The van der Waals surface area contributed by atoms with Crippen molar-refractivity contribution in [2.45, 2.75) is 11.8 Å². The fourth-order valence-corrected chi connectivity index (χ4v) is 1.19. The number of esters is 1. The van der Waals surface area contributed by atoms with Crippen molar-refractivity contribution in [3.63, 3.8) is 0 Å². The molecule has 1 rings (SSSR count). The van der Waals surface area contributed by atoms with Gasteiger partial charge in [0.15, 0.2) is 0 Å². The Morgan fingerprint density at radius 3 is 2.80 bits per heavy atom. The lowest BCUT2D eigenvalue weighted by Crippen LogP contribution is -2.24. The Hall–Kier alpha value is -1.49. The molecule has 1 N–H and O–H groups in total. The van der Waals surface area contributed by atoms with Gasteiger partial charge in [0.25, 0.3) is 0 Å². The average molecular weight is 225 g/mol. The van der Waals surface area contributed by atoms with Gasteiger partial charge in [-0.3, -0.25) is 4.79 Å². The number of rotatable bonds is 2. The maximum absolute atomic E-state index is 11.2. The Morgan fingerprint density at radius 1 is 1.47 bits per heavy atom. The van der Waals surface area contributed by atoms with Gasteiger partial charge in [-0.15, -0.1) is 12.6 Å². The molecule has 0 fully saturated rings. The number of hydrogen-bond acceptors (Lipinski definition) is 4. The number of anilines is 1. The Kier molecular flexibility index (Phi) is 4.17. The third-order valence-corrected chi connectivity index (χ3v) is 1.84. The molecule has 0 saturated heterocycles. The van der Waals surface area contributed by atoms with Crippen LogP contribution in [0.3, 0.4) is 0 Å². The van der Waals surface area contributed by atoms with Crippen molar-refractivity contribution in [1.29, 1.82) is 0 Å². The molecule has 15 heavy (non-hydrogen) atoms. The van der Waals surface area contributed by atoms with Gasteiger partial charge in [0.05, 0.1) is 6.61 Å². The molecular weight excluding hydrogens is 214 g/mol. The fraction of sp³-hybridized carbons (Fsp3) is 0.200. The summed E-state index contributed by atoms with van der Waals surface area (Å²) in [6, 6.07) is 6.79. The molecule has 80 valence electrons. The number of carbonyl (C=O) groups excluding carboxylic acids is 2. The van der Waals surface area contributed by atoms with Crippen molar-refractivity contribution in [1.82, 2.24) is 0 Å². The van der Waals surface area contributed by atoms with E-state index in [1.165, 1.54) is 0 Å². The van der Waals surface area contributed by atoms with E-state index in [2.05, 4.69) is 22.7 Å². The largest absolute Gasteiger partial charge is 0.459 e. The third kappa shape index (κ3) is 3.63. The van der Waals surface area contributed by atoms with E-state index < -0.39 is 11.9 Å². The van der Waals surface area contributed by atoms with Gasteiger partial charge < -0.3 is 10.1 Å². The highest BCUT2D eigenvalue weighted by Crippen LogP contribution is 2.13. The molecule has 4 nitrogen and oxygen atoms in total. The molecule has 1 amide bonds. The summed E-state index contributed by atoms with van der Waals surface area (Å²) in [5.74, 6) is -1.67. The van der Waals surface area contributed by atoms with Crippen molar-refractivity contribution in [3.8, 4) is 0 Å². The molecule has 0 spiro atoms. The maximum atomic E-state index is 11.2. The zero-order valence-corrected chi connectivity index (χ0v) is 9.08. The summed E-state index contributed by atoms with van der Waals surface area (Å²) in [6.07, 6.45) is 0. The van der Waals surface area contributed by atoms with Crippen LogP contribution in [0.1, 0.15) is 6.92 Å². The zero-order chi connectivity index (χ0) is 11.3. The molecule has 0 saturated carbocycles. The predicted molar refractivity (Wildman–Crippen MR) is 59.0 cm³/mol. The minimum Gasteiger partial charge on any atom is -0.459 e. The van der Waals surface area contributed by atoms with Gasteiger partial charge in [0, 0.05) is 10.6 Å². The van der Waals surface area contributed by atoms with Crippen molar-refractivity contribution < 1.29 is 14.3 Å². The lowest BCUT2D eigenvalue weighted by atomic mass is 10.3. The molecule has 0 aliphatic carbocycles. The van der Waals surface area contributed by atoms with Crippen LogP contribution in [-0.2, 0) is 14.3 Å². The Labute approximate surface area is 93.0 Å². The Morgan fingerprint density at radius 2 is 2.20 bits per heavy atom. The molecule has 0 aliphatic rings. The van der Waals surface area contributed by atoms with E-state index in [0.717, 1.165) is 0 Å².